The van der Waals surface area contributed by atoms with Gasteiger partial charge in [-0.05, 0) is 81.4 Å². The van der Waals surface area contributed by atoms with E-state index in [0.29, 0.717) is 26.2 Å². The predicted octanol–water partition coefficient (Wildman–Crippen LogP) is 2.61. The highest BCUT2D eigenvalue weighted by Gasteiger charge is 2.52. The molecule has 1 amide bonds. The molecule has 31 heavy (non-hydrogen) atoms. The Hall–Kier alpha value is -1.51. The summed E-state index contributed by atoms with van der Waals surface area (Å²) in [6, 6.07) is 4.85. The zero-order valence-electron chi connectivity index (χ0n) is 18.1. The van der Waals surface area contributed by atoms with Crippen LogP contribution in [0.1, 0.15) is 45.4 Å². The number of rotatable bonds is 5. The lowest BCUT2D eigenvalue weighted by Gasteiger charge is -2.57. The number of sulfonamides is 1. The zero-order valence-corrected chi connectivity index (χ0v) is 18.9. The maximum Gasteiger partial charge on any atom is 0.243 e. The summed E-state index contributed by atoms with van der Waals surface area (Å²) in [6.45, 7) is 3.50. The summed E-state index contributed by atoms with van der Waals surface area (Å²) < 4.78 is 40.5. The molecule has 170 valence electrons. The molecule has 6 rings (SSSR count). The summed E-state index contributed by atoms with van der Waals surface area (Å²) in [6.07, 6.45) is 7.39. The monoisotopic (exact) mass is 449 g/mol. The molecule has 6 nitrogen and oxygen atoms in total. The smallest absolute Gasteiger partial charge is 0.243 e. The van der Waals surface area contributed by atoms with E-state index in [-0.39, 0.29) is 22.4 Å². The largest absolute Gasteiger partial charge is 0.349 e. The molecule has 0 radical (unpaired) electrons. The van der Waals surface area contributed by atoms with Gasteiger partial charge in [0.1, 0.15) is 5.82 Å². The van der Waals surface area contributed by atoms with Gasteiger partial charge in [0.2, 0.25) is 15.9 Å². The molecule has 1 saturated heterocycles. The molecule has 1 aliphatic heterocycles. The summed E-state index contributed by atoms with van der Waals surface area (Å²) in [5.41, 5.74) is -0.0113. The molecule has 1 atom stereocenters. The summed E-state index contributed by atoms with van der Waals surface area (Å²) >= 11 is 0. The van der Waals surface area contributed by atoms with Crippen molar-refractivity contribution in [3.8, 4) is 0 Å². The van der Waals surface area contributed by atoms with Gasteiger partial charge in [0.25, 0.3) is 0 Å². The van der Waals surface area contributed by atoms with Gasteiger partial charge >= 0.3 is 0 Å². The lowest BCUT2D eigenvalue weighted by atomic mass is 9.53. The van der Waals surface area contributed by atoms with E-state index in [1.807, 2.05) is 6.92 Å². The SMILES string of the molecule is C[C@@H](C(=O)NC12CC3CC(CC(C3)C1)C2)N1CCN(S(=O)(=O)c2cccc(F)c2)CC1. The molecule has 1 N–H and O–H groups in total. The normalized spacial score (nSPS) is 34.6. The number of amides is 1. The van der Waals surface area contributed by atoms with Crippen LogP contribution in [0.25, 0.3) is 0 Å². The number of halogens is 1. The summed E-state index contributed by atoms with van der Waals surface area (Å²) in [5.74, 6) is 1.84. The quantitative estimate of drug-likeness (QED) is 0.750. The highest BCUT2D eigenvalue weighted by atomic mass is 32.2. The number of hydrogen-bond acceptors (Lipinski definition) is 4. The van der Waals surface area contributed by atoms with Crippen molar-refractivity contribution in [2.75, 3.05) is 26.2 Å². The topological polar surface area (TPSA) is 69.7 Å². The van der Waals surface area contributed by atoms with Crippen LogP contribution in [0.5, 0.6) is 0 Å². The van der Waals surface area contributed by atoms with Crippen LogP contribution >= 0.6 is 0 Å². The number of hydrogen-bond donors (Lipinski definition) is 1. The average molecular weight is 450 g/mol. The maximum absolute atomic E-state index is 13.5. The van der Waals surface area contributed by atoms with E-state index in [2.05, 4.69) is 10.2 Å². The van der Waals surface area contributed by atoms with E-state index in [1.54, 1.807) is 0 Å². The molecule has 4 saturated carbocycles. The second-order valence-electron chi connectivity index (χ2n) is 10.3. The van der Waals surface area contributed by atoms with Gasteiger partial charge in [-0.2, -0.15) is 4.31 Å². The Kier molecular flexibility index (Phi) is 5.38. The molecular weight excluding hydrogens is 417 g/mol. The van der Waals surface area contributed by atoms with Crippen molar-refractivity contribution in [2.45, 2.75) is 61.9 Å². The predicted molar refractivity (Wildman–Crippen MR) is 115 cm³/mol. The Balaban J connectivity index is 1.19. The summed E-state index contributed by atoms with van der Waals surface area (Å²) in [7, 11) is -3.72. The van der Waals surface area contributed by atoms with Gasteiger partial charge in [-0.3, -0.25) is 9.69 Å². The first-order valence-electron chi connectivity index (χ1n) is 11.6. The molecule has 1 heterocycles. The van der Waals surface area contributed by atoms with Gasteiger partial charge in [-0.1, -0.05) is 6.07 Å². The minimum absolute atomic E-state index is 0.0113. The maximum atomic E-state index is 13.5. The second-order valence-corrected chi connectivity index (χ2v) is 12.2. The number of carbonyl (C=O) groups is 1. The van der Waals surface area contributed by atoms with Gasteiger partial charge in [0, 0.05) is 31.7 Å². The highest BCUT2D eigenvalue weighted by molar-refractivity contribution is 7.89. The molecule has 5 fully saturated rings. The van der Waals surface area contributed by atoms with Crippen molar-refractivity contribution in [3.05, 3.63) is 30.1 Å². The molecule has 5 aliphatic rings. The second kappa shape index (κ2) is 7.81. The molecule has 4 bridgehead atoms. The van der Waals surface area contributed by atoms with Gasteiger partial charge < -0.3 is 5.32 Å². The Bertz CT molecular complexity index is 923. The van der Waals surface area contributed by atoms with E-state index in [9.17, 15) is 17.6 Å². The summed E-state index contributed by atoms with van der Waals surface area (Å²) in [5, 5.41) is 3.44. The van der Waals surface area contributed by atoms with E-state index < -0.39 is 15.8 Å². The standard InChI is InChI=1S/C23H32FN3O3S/c1-16(22(28)25-23-13-17-9-18(14-23)11-19(10-17)15-23)26-5-7-27(8-6-26)31(29,30)21-4-2-3-20(24)12-21/h2-4,12,16-19H,5-11,13-15H2,1H3,(H,25,28)/t16-,17?,18?,19?,23?/m0/s1. The third-order valence-electron chi connectivity index (χ3n) is 8.06. The van der Waals surface area contributed by atoms with Gasteiger partial charge in [-0.15, -0.1) is 0 Å². The van der Waals surface area contributed by atoms with Gasteiger partial charge in [0.05, 0.1) is 10.9 Å². The van der Waals surface area contributed by atoms with Gasteiger partial charge in [0.15, 0.2) is 0 Å². The van der Waals surface area contributed by atoms with Crippen molar-refractivity contribution >= 4 is 15.9 Å². The first kappa shape index (κ1) is 21.3. The number of carbonyl (C=O) groups excluding carboxylic acids is 1. The number of piperazine rings is 1. The van der Waals surface area contributed by atoms with Crippen LogP contribution in [-0.4, -0.2) is 61.3 Å². The first-order valence-corrected chi connectivity index (χ1v) is 13.0. The Labute approximate surface area is 184 Å². The molecular formula is C23H32FN3O3S. The van der Waals surface area contributed by atoms with Crippen LogP contribution in [0.3, 0.4) is 0 Å². The van der Waals surface area contributed by atoms with Crippen molar-refractivity contribution in [1.29, 1.82) is 0 Å². The first-order chi connectivity index (χ1) is 14.7. The molecule has 8 heteroatoms. The van der Waals surface area contributed by atoms with Crippen molar-refractivity contribution < 1.29 is 17.6 Å². The lowest BCUT2D eigenvalue weighted by molar-refractivity contribution is -0.132. The van der Waals surface area contributed by atoms with Crippen molar-refractivity contribution in [2.24, 2.45) is 17.8 Å². The fraction of sp³-hybridized carbons (Fsp3) is 0.696. The number of nitrogens with zero attached hydrogens (tertiary/aromatic N) is 2. The van der Waals surface area contributed by atoms with Crippen LogP contribution in [0, 0.1) is 23.6 Å². The molecule has 4 aliphatic carbocycles. The van der Waals surface area contributed by atoms with E-state index >= 15 is 0 Å². The van der Waals surface area contributed by atoms with Crippen LogP contribution < -0.4 is 5.32 Å². The van der Waals surface area contributed by atoms with Crippen LogP contribution in [-0.2, 0) is 14.8 Å². The third kappa shape index (κ3) is 4.02. The van der Waals surface area contributed by atoms with Crippen LogP contribution in [0.15, 0.2) is 29.2 Å². The van der Waals surface area contributed by atoms with E-state index in [0.717, 1.165) is 43.1 Å². The Morgan fingerprint density at radius 1 is 1.06 bits per heavy atom. The third-order valence-corrected chi connectivity index (χ3v) is 9.96. The number of benzene rings is 1. The van der Waals surface area contributed by atoms with Crippen molar-refractivity contribution in [3.63, 3.8) is 0 Å². The lowest BCUT2D eigenvalue weighted by Crippen LogP contribution is -2.63. The van der Waals surface area contributed by atoms with Gasteiger partial charge in [-0.25, -0.2) is 12.8 Å². The average Bonchev–Trinajstić information content (AvgIpc) is 2.72. The minimum atomic E-state index is -3.72. The van der Waals surface area contributed by atoms with E-state index in [4.69, 9.17) is 0 Å². The molecule has 0 aromatic heterocycles. The Morgan fingerprint density at radius 3 is 2.19 bits per heavy atom. The fourth-order valence-corrected chi connectivity index (χ4v) is 8.36. The van der Waals surface area contributed by atoms with Crippen molar-refractivity contribution in [1.82, 2.24) is 14.5 Å². The molecule has 1 aromatic rings. The number of nitrogens with one attached hydrogen (secondary N) is 1. The van der Waals surface area contributed by atoms with Crippen LogP contribution in [0.2, 0.25) is 0 Å². The fourth-order valence-electron chi connectivity index (χ4n) is 6.90. The molecule has 1 aromatic carbocycles. The molecule has 0 spiro atoms. The Morgan fingerprint density at radius 2 is 1.65 bits per heavy atom. The summed E-state index contributed by atoms with van der Waals surface area (Å²) in [4.78, 5) is 15.2. The minimum Gasteiger partial charge on any atom is -0.349 e. The highest BCUT2D eigenvalue weighted by Crippen LogP contribution is 2.55. The molecule has 0 unspecified atom stereocenters. The van der Waals surface area contributed by atoms with E-state index in [1.165, 1.54) is 41.8 Å². The zero-order chi connectivity index (χ0) is 21.8. The van der Waals surface area contributed by atoms with Crippen LogP contribution in [0.4, 0.5) is 4.39 Å².